The molecule has 2 heterocycles. The van der Waals surface area contributed by atoms with Gasteiger partial charge in [-0.1, -0.05) is 49.9 Å². The van der Waals surface area contributed by atoms with E-state index >= 15 is 0 Å². The number of hydrogen-bond donors (Lipinski definition) is 0. The molecule has 2 aromatic carbocycles. The van der Waals surface area contributed by atoms with E-state index in [4.69, 9.17) is 0 Å². The molecule has 0 aliphatic carbocycles. The third-order valence-corrected chi connectivity index (χ3v) is 5.50. The Kier molecular flexibility index (Phi) is 4.07. The lowest BCUT2D eigenvalue weighted by Crippen LogP contribution is -2.22. The van der Waals surface area contributed by atoms with Crippen molar-refractivity contribution in [3.05, 3.63) is 63.9 Å². The number of para-hydroxylation sites is 1. The molecular formula is C20H20N4OS. The summed E-state index contributed by atoms with van der Waals surface area (Å²) in [6.07, 6.45) is 0. The number of aryl methyl sites for hydroxylation is 1. The summed E-state index contributed by atoms with van der Waals surface area (Å²) in [5.74, 6) is 0.547. The van der Waals surface area contributed by atoms with E-state index < -0.39 is 0 Å². The molecule has 0 spiro atoms. The van der Waals surface area contributed by atoms with Gasteiger partial charge in [-0.05, 0) is 43.2 Å². The smallest absolute Gasteiger partial charge is 0.267 e. The van der Waals surface area contributed by atoms with Crippen molar-refractivity contribution in [1.82, 2.24) is 19.2 Å². The van der Waals surface area contributed by atoms with E-state index in [-0.39, 0.29) is 5.56 Å². The number of aromatic nitrogens is 4. The Morgan fingerprint density at radius 1 is 1.00 bits per heavy atom. The molecule has 0 aliphatic rings. The van der Waals surface area contributed by atoms with Crippen LogP contribution in [0.3, 0.4) is 0 Å². The summed E-state index contributed by atoms with van der Waals surface area (Å²) in [5, 5.41) is 10.6. The molecule has 0 atom stereocenters. The van der Waals surface area contributed by atoms with Gasteiger partial charge in [0.1, 0.15) is 0 Å². The largest absolute Gasteiger partial charge is 0.268 e. The van der Waals surface area contributed by atoms with Crippen molar-refractivity contribution in [2.75, 3.05) is 0 Å². The molecule has 0 fully saturated rings. The molecule has 132 valence electrons. The van der Waals surface area contributed by atoms with Crippen LogP contribution in [-0.2, 0) is 0 Å². The van der Waals surface area contributed by atoms with Crippen LogP contribution in [0, 0.1) is 13.8 Å². The Hall–Kier alpha value is -2.60. The maximum absolute atomic E-state index is 13.3. The van der Waals surface area contributed by atoms with Gasteiger partial charge in [0.2, 0.25) is 5.78 Å². The van der Waals surface area contributed by atoms with Crippen molar-refractivity contribution in [2.45, 2.75) is 38.1 Å². The first-order valence-corrected chi connectivity index (χ1v) is 9.49. The zero-order chi connectivity index (χ0) is 18.4. The summed E-state index contributed by atoms with van der Waals surface area (Å²) >= 11 is 1.64. The van der Waals surface area contributed by atoms with Crippen molar-refractivity contribution >= 4 is 28.4 Å². The van der Waals surface area contributed by atoms with E-state index in [0.29, 0.717) is 16.4 Å². The normalized spacial score (nSPS) is 11.7. The van der Waals surface area contributed by atoms with E-state index in [9.17, 15) is 4.79 Å². The van der Waals surface area contributed by atoms with Crippen LogP contribution in [0.15, 0.2) is 52.4 Å². The van der Waals surface area contributed by atoms with Gasteiger partial charge in [-0.2, -0.15) is 0 Å². The minimum Gasteiger partial charge on any atom is -0.268 e. The van der Waals surface area contributed by atoms with Gasteiger partial charge in [-0.3, -0.25) is 9.20 Å². The van der Waals surface area contributed by atoms with Crippen LogP contribution in [0.4, 0.5) is 0 Å². The molecule has 26 heavy (non-hydrogen) atoms. The van der Waals surface area contributed by atoms with Crippen molar-refractivity contribution in [3.63, 3.8) is 0 Å². The maximum Gasteiger partial charge on any atom is 0.267 e. The molecule has 5 nitrogen and oxygen atoms in total. The summed E-state index contributed by atoms with van der Waals surface area (Å²) < 4.78 is 3.67. The van der Waals surface area contributed by atoms with Crippen molar-refractivity contribution < 1.29 is 0 Å². The van der Waals surface area contributed by atoms with Crippen molar-refractivity contribution in [1.29, 1.82) is 0 Å². The minimum absolute atomic E-state index is 0.0738. The molecule has 4 aromatic rings. The van der Waals surface area contributed by atoms with Crippen molar-refractivity contribution in [2.24, 2.45) is 0 Å². The first-order chi connectivity index (χ1) is 12.5. The highest BCUT2D eigenvalue weighted by Gasteiger charge is 2.19. The molecule has 0 unspecified atom stereocenters. The number of benzene rings is 2. The summed E-state index contributed by atoms with van der Waals surface area (Å²) in [7, 11) is 0. The Bertz CT molecular complexity index is 1190. The number of fused-ring (bicyclic) bond motifs is 3. The summed E-state index contributed by atoms with van der Waals surface area (Å²) in [6.45, 7) is 8.32. The molecule has 6 heteroatoms. The summed E-state index contributed by atoms with van der Waals surface area (Å²) in [5.41, 5.74) is 3.81. The minimum atomic E-state index is -0.0738. The fourth-order valence-corrected chi connectivity index (χ4v) is 3.96. The predicted molar refractivity (Wildman–Crippen MR) is 107 cm³/mol. The SMILES string of the molecule is Cc1cccc(-n2c(=O)c3ccccc3n3c(SC(C)C)nnc23)c1C. The predicted octanol–water partition coefficient (Wildman–Crippen LogP) is 4.15. The van der Waals surface area contributed by atoms with Gasteiger partial charge in [0, 0.05) is 5.25 Å². The number of rotatable bonds is 3. The van der Waals surface area contributed by atoms with E-state index in [1.54, 1.807) is 16.3 Å². The molecular weight excluding hydrogens is 344 g/mol. The molecule has 0 amide bonds. The average Bonchev–Trinajstić information content (AvgIpc) is 3.01. The fraction of sp³-hybridized carbons (Fsp3) is 0.250. The lowest BCUT2D eigenvalue weighted by molar-refractivity contribution is 0.920. The quantitative estimate of drug-likeness (QED) is 0.513. The Labute approximate surface area is 155 Å². The fourth-order valence-electron chi connectivity index (χ4n) is 3.16. The third-order valence-electron chi connectivity index (χ3n) is 4.55. The first kappa shape index (κ1) is 16.8. The maximum atomic E-state index is 13.3. The van der Waals surface area contributed by atoms with E-state index in [1.165, 1.54) is 0 Å². The molecule has 0 N–H and O–H groups in total. The van der Waals surface area contributed by atoms with Gasteiger partial charge in [-0.15, -0.1) is 10.2 Å². The van der Waals surface area contributed by atoms with Gasteiger partial charge < -0.3 is 0 Å². The van der Waals surface area contributed by atoms with Gasteiger partial charge in [0.15, 0.2) is 5.16 Å². The Balaban J connectivity index is 2.19. The number of hydrogen-bond acceptors (Lipinski definition) is 4. The first-order valence-electron chi connectivity index (χ1n) is 8.61. The zero-order valence-corrected chi connectivity index (χ0v) is 16.0. The Morgan fingerprint density at radius 2 is 1.77 bits per heavy atom. The van der Waals surface area contributed by atoms with Gasteiger partial charge >= 0.3 is 0 Å². The lowest BCUT2D eigenvalue weighted by Gasteiger charge is -2.14. The molecule has 0 saturated heterocycles. The molecule has 2 aromatic heterocycles. The molecule has 4 rings (SSSR count). The molecule has 0 saturated carbocycles. The van der Waals surface area contributed by atoms with Gasteiger partial charge in [0.05, 0.1) is 16.6 Å². The second-order valence-electron chi connectivity index (χ2n) is 6.66. The Morgan fingerprint density at radius 3 is 2.54 bits per heavy atom. The van der Waals surface area contributed by atoms with Crippen LogP contribution in [0.5, 0.6) is 0 Å². The highest BCUT2D eigenvalue weighted by Crippen LogP contribution is 2.26. The van der Waals surface area contributed by atoms with Gasteiger partial charge in [-0.25, -0.2) is 4.57 Å². The van der Waals surface area contributed by atoms with E-state index in [1.807, 2.05) is 60.7 Å². The standard InChI is InChI=1S/C20H20N4OS/c1-12(2)26-20-22-21-19-23(16-11-7-8-13(3)14(16)4)18(25)15-9-5-6-10-17(15)24(19)20/h5-12H,1-4H3. The van der Waals surface area contributed by atoms with Gasteiger partial charge in [0.25, 0.3) is 5.56 Å². The number of nitrogens with zero attached hydrogens (tertiary/aromatic N) is 4. The monoisotopic (exact) mass is 364 g/mol. The highest BCUT2D eigenvalue weighted by atomic mass is 32.2. The van der Waals surface area contributed by atoms with Crippen LogP contribution in [0.25, 0.3) is 22.4 Å². The summed E-state index contributed by atoms with van der Waals surface area (Å²) in [4.78, 5) is 13.3. The topological polar surface area (TPSA) is 52.2 Å². The molecule has 0 bridgehead atoms. The van der Waals surface area contributed by atoms with E-state index in [0.717, 1.165) is 27.5 Å². The van der Waals surface area contributed by atoms with Crippen molar-refractivity contribution in [3.8, 4) is 5.69 Å². The van der Waals surface area contributed by atoms with E-state index in [2.05, 4.69) is 24.0 Å². The molecule has 0 radical (unpaired) electrons. The second-order valence-corrected chi connectivity index (χ2v) is 8.20. The highest BCUT2D eigenvalue weighted by molar-refractivity contribution is 7.99. The third kappa shape index (κ3) is 2.52. The second kappa shape index (κ2) is 6.29. The summed E-state index contributed by atoms with van der Waals surface area (Å²) in [6, 6.07) is 13.6. The lowest BCUT2D eigenvalue weighted by atomic mass is 10.1. The molecule has 0 aliphatic heterocycles. The van der Waals surface area contributed by atoms with Crippen LogP contribution in [0.2, 0.25) is 0 Å². The van der Waals surface area contributed by atoms with Crippen LogP contribution in [-0.4, -0.2) is 24.4 Å². The number of thioether (sulfide) groups is 1. The zero-order valence-electron chi connectivity index (χ0n) is 15.2. The van der Waals surface area contributed by atoms with Crippen LogP contribution in [0.1, 0.15) is 25.0 Å². The van der Waals surface area contributed by atoms with Crippen LogP contribution >= 0.6 is 11.8 Å². The van der Waals surface area contributed by atoms with Crippen LogP contribution < -0.4 is 5.56 Å². The average molecular weight is 364 g/mol.